The zero-order chi connectivity index (χ0) is 20.0. The van der Waals surface area contributed by atoms with E-state index in [0.717, 1.165) is 10.6 Å². The van der Waals surface area contributed by atoms with Crippen LogP contribution in [0, 0.1) is 5.82 Å². The molecule has 27 heavy (non-hydrogen) atoms. The Morgan fingerprint density at radius 2 is 1.63 bits per heavy atom. The molecule has 0 atom stereocenters. The maximum absolute atomic E-state index is 13.0. The van der Waals surface area contributed by atoms with Gasteiger partial charge in [-0.3, -0.25) is 9.59 Å². The Morgan fingerprint density at radius 1 is 1.04 bits per heavy atom. The first-order valence-electron chi connectivity index (χ1n) is 8.00. The highest BCUT2D eigenvalue weighted by molar-refractivity contribution is 7.88. The van der Waals surface area contributed by atoms with E-state index in [2.05, 4.69) is 10.6 Å². The third kappa shape index (κ3) is 6.80. The van der Waals surface area contributed by atoms with Gasteiger partial charge < -0.3 is 10.6 Å². The molecule has 0 bridgehead atoms. The number of halogens is 1. The summed E-state index contributed by atoms with van der Waals surface area (Å²) in [6, 6.07) is 11.9. The van der Waals surface area contributed by atoms with Gasteiger partial charge in [-0.05, 0) is 35.9 Å². The summed E-state index contributed by atoms with van der Waals surface area (Å²) in [5.74, 6) is -1.22. The van der Waals surface area contributed by atoms with Gasteiger partial charge in [0.1, 0.15) is 5.82 Å². The Balaban J connectivity index is 2.07. The normalized spacial score (nSPS) is 11.3. The van der Waals surface area contributed by atoms with Crippen molar-refractivity contribution in [1.29, 1.82) is 0 Å². The van der Waals surface area contributed by atoms with Crippen LogP contribution < -0.4 is 10.6 Å². The smallest absolute Gasteiger partial charge is 0.239 e. The molecule has 0 aromatic heterocycles. The van der Waals surface area contributed by atoms with Crippen LogP contribution in [0.1, 0.15) is 12.5 Å². The molecule has 0 heterocycles. The lowest BCUT2D eigenvalue weighted by molar-refractivity contribution is -0.116. The number of nitrogens with one attached hydrogen (secondary N) is 2. The average Bonchev–Trinajstić information content (AvgIpc) is 2.55. The van der Waals surface area contributed by atoms with Crippen molar-refractivity contribution < 1.29 is 22.4 Å². The molecule has 0 aliphatic carbocycles. The number of hydrogen-bond acceptors (Lipinski definition) is 4. The molecule has 2 N–H and O–H groups in total. The van der Waals surface area contributed by atoms with Gasteiger partial charge in [-0.15, -0.1) is 0 Å². The summed E-state index contributed by atoms with van der Waals surface area (Å²) >= 11 is 0. The van der Waals surface area contributed by atoms with Crippen molar-refractivity contribution >= 4 is 33.2 Å². The second kappa shape index (κ2) is 8.74. The van der Waals surface area contributed by atoms with Gasteiger partial charge in [0.05, 0.1) is 12.8 Å². The summed E-state index contributed by atoms with van der Waals surface area (Å²) in [4.78, 5) is 23.4. The number of anilines is 2. The fraction of sp³-hybridized carbons (Fsp3) is 0.222. The number of carbonyl (C=O) groups excluding carboxylic acids is 2. The van der Waals surface area contributed by atoms with E-state index in [9.17, 15) is 22.4 Å². The summed E-state index contributed by atoms with van der Waals surface area (Å²) in [7, 11) is -3.66. The first-order chi connectivity index (χ1) is 12.6. The summed E-state index contributed by atoms with van der Waals surface area (Å²) in [5, 5.41) is 5.19. The van der Waals surface area contributed by atoms with Crippen LogP contribution in [-0.2, 0) is 26.2 Å². The molecule has 0 radical (unpaired) electrons. The maximum atomic E-state index is 13.0. The predicted octanol–water partition coefficient (Wildman–Crippen LogP) is 2.18. The second-order valence-corrected chi connectivity index (χ2v) is 7.95. The Hall–Kier alpha value is -2.78. The van der Waals surface area contributed by atoms with Crippen LogP contribution in [0.25, 0.3) is 0 Å². The number of amides is 2. The molecular weight excluding hydrogens is 373 g/mol. The van der Waals surface area contributed by atoms with E-state index in [1.54, 1.807) is 24.3 Å². The number of sulfonamides is 1. The van der Waals surface area contributed by atoms with Crippen LogP contribution in [0.5, 0.6) is 0 Å². The van der Waals surface area contributed by atoms with Crippen LogP contribution >= 0.6 is 0 Å². The molecule has 9 heteroatoms. The molecule has 0 spiro atoms. The molecule has 0 aliphatic rings. The van der Waals surface area contributed by atoms with Gasteiger partial charge in [0, 0.05) is 24.8 Å². The standard InChI is InChI=1S/C18H20FN3O4S/c1-13(23)20-16-4-3-5-17(10-16)21-18(24)12-22(27(2,25)26)11-14-6-8-15(19)9-7-14/h3-10H,11-12H2,1-2H3,(H,20,23)(H,21,24). The van der Waals surface area contributed by atoms with Gasteiger partial charge in [0.2, 0.25) is 21.8 Å². The maximum Gasteiger partial charge on any atom is 0.239 e. The summed E-state index contributed by atoms with van der Waals surface area (Å²) in [6.07, 6.45) is 1.00. The largest absolute Gasteiger partial charge is 0.326 e. The monoisotopic (exact) mass is 393 g/mol. The molecule has 2 rings (SSSR count). The lowest BCUT2D eigenvalue weighted by Crippen LogP contribution is -2.36. The lowest BCUT2D eigenvalue weighted by Gasteiger charge is -2.19. The van der Waals surface area contributed by atoms with E-state index in [4.69, 9.17) is 0 Å². The average molecular weight is 393 g/mol. The predicted molar refractivity (Wildman–Crippen MR) is 101 cm³/mol. The Bertz CT molecular complexity index is 930. The quantitative estimate of drug-likeness (QED) is 0.754. The van der Waals surface area contributed by atoms with Crippen LogP contribution in [0.4, 0.5) is 15.8 Å². The molecule has 7 nitrogen and oxygen atoms in total. The fourth-order valence-corrected chi connectivity index (χ4v) is 3.06. The third-order valence-corrected chi connectivity index (χ3v) is 4.72. The van der Waals surface area contributed by atoms with Gasteiger partial charge in [0.15, 0.2) is 0 Å². The first-order valence-corrected chi connectivity index (χ1v) is 9.85. The van der Waals surface area contributed by atoms with Gasteiger partial charge in [-0.1, -0.05) is 18.2 Å². The number of rotatable bonds is 7. The molecule has 0 aliphatic heterocycles. The van der Waals surface area contributed by atoms with Crippen LogP contribution in [0.15, 0.2) is 48.5 Å². The third-order valence-electron chi connectivity index (χ3n) is 3.53. The van der Waals surface area contributed by atoms with E-state index >= 15 is 0 Å². The van der Waals surface area contributed by atoms with Gasteiger partial charge in [-0.2, -0.15) is 4.31 Å². The second-order valence-electron chi connectivity index (χ2n) is 5.97. The van der Waals surface area contributed by atoms with Crippen LogP contribution in [0.3, 0.4) is 0 Å². The van der Waals surface area contributed by atoms with Crippen LogP contribution in [0.2, 0.25) is 0 Å². The molecule has 0 saturated carbocycles. The van der Waals surface area contributed by atoms with Crippen molar-refractivity contribution in [1.82, 2.24) is 4.31 Å². The van der Waals surface area contributed by atoms with Gasteiger partial charge >= 0.3 is 0 Å². The van der Waals surface area contributed by atoms with Crippen molar-refractivity contribution in [2.75, 3.05) is 23.4 Å². The molecular formula is C18H20FN3O4S. The zero-order valence-corrected chi connectivity index (χ0v) is 15.7. The fourth-order valence-electron chi connectivity index (χ4n) is 2.32. The van der Waals surface area contributed by atoms with E-state index in [1.165, 1.54) is 31.2 Å². The summed E-state index contributed by atoms with van der Waals surface area (Å²) in [5.41, 5.74) is 1.48. The molecule has 0 fully saturated rings. The number of benzene rings is 2. The molecule has 2 aromatic rings. The van der Waals surface area contributed by atoms with E-state index in [-0.39, 0.29) is 12.5 Å². The summed E-state index contributed by atoms with van der Waals surface area (Å²) < 4.78 is 38.0. The van der Waals surface area contributed by atoms with Gasteiger partial charge in [-0.25, -0.2) is 12.8 Å². The van der Waals surface area contributed by atoms with E-state index in [1.807, 2.05) is 0 Å². The highest BCUT2D eigenvalue weighted by atomic mass is 32.2. The minimum Gasteiger partial charge on any atom is -0.326 e. The highest BCUT2D eigenvalue weighted by Crippen LogP contribution is 2.16. The zero-order valence-electron chi connectivity index (χ0n) is 14.9. The van der Waals surface area contributed by atoms with Crippen LogP contribution in [-0.4, -0.2) is 37.3 Å². The Kier molecular flexibility index (Phi) is 6.65. The Morgan fingerprint density at radius 3 is 2.19 bits per heavy atom. The van der Waals surface area contributed by atoms with Crippen molar-refractivity contribution in [3.63, 3.8) is 0 Å². The van der Waals surface area contributed by atoms with Gasteiger partial charge in [0.25, 0.3) is 0 Å². The van der Waals surface area contributed by atoms with Crippen molar-refractivity contribution in [3.8, 4) is 0 Å². The number of carbonyl (C=O) groups is 2. The number of hydrogen-bond donors (Lipinski definition) is 2. The molecule has 0 saturated heterocycles. The van der Waals surface area contributed by atoms with Crippen molar-refractivity contribution in [2.24, 2.45) is 0 Å². The molecule has 2 aromatic carbocycles. The molecule has 0 unspecified atom stereocenters. The number of nitrogens with zero attached hydrogens (tertiary/aromatic N) is 1. The molecule has 144 valence electrons. The minimum atomic E-state index is -3.66. The SMILES string of the molecule is CC(=O)Nc1cccc(NC(=O)CN(Cc2ccc(F)cc2)S(C)(=O)=O)c1. The molecule has 2 amide bonds. The van der Waals surface area contributed by atoms with E-state index < -0.39 is 28.3 Å². The lowest BCUT2D eigenvalue weighted by atomic mass is 10.2. The van der Waals surface area contributed by atoms with Crippen molar-refractivity contribution in [2.45, 2.75) is 13.5 Å². The Labute approximate surface area is 157 Å². The summed E-state index contributed by atoms with van der Waals surface area (Å²) in [6.45, 7) is 0.906. The van der Waals surface area contributed by atoms with Crippen molar-refractivity contribution in [3.05, 3.63) is 59.9 Å². The first kappa shape index (κ1) is 20.5. The minimum absolute atomic E-state index is 0.0571. The topological polar surface area (TPSA) is 95.6 Å². The van der Waals surface area contributed by atoms with E-state index in [0.29, 0.717) is 16.9 Å². The highest BCUT2D eigenvalue weighted by Gasteiger charge is 2.20.